The molecule has 0 bridgehead atoms. The Kier molecular flexibility index (Phi) is 5.07. The molecule has 2 aromatic carbocycles. The van der Waals surface area contributed by atoms with Gasteiger partial charge in [0.15, 0.2) is 5.43 Å². The fraction of sp³-hybridized carbons (Fsp3) is 0.0870. The van der Waals surface area contributed by atoms with Crippen LogP contribution in [0, 0.1) is 0 Å². The SMILES string of the molecule is COc1ccc2c(=O)c(CNC(=O)c3cccnc3)cn(-c3ccccc3)c2c1. The van der Waals surface area contributed by atoms with Gasteiger partial charge in [-0.05, 0) is 36.4 Å². The predicted molar refractivity (Wildman–Crippen MR) is 112 cm³/mol. The molecule has 0 radical (unpaired) electrons. The van der Waals surface area contributed by atoms with Crippen LogP contribution in [0.2, 0.25) is 0 Å². The lowest BCUT2D eigenvalue weighted by Gasteiger charge is -2.15. The van der Waals surface area contributed by atoms with E-state index in [2.05, 4.69) is 10.3 Å². The van der Waals surface area contributed by atoms with Gasteiger partial charge < -0.3 is 14.6 Å². The number of pyridine rings is 2. The number of ether oxygens (including phenoxy) is 1. The van der Waals surface area contributed by atoms with Gasteiger partial charge in [-0.1, -0.05) is 18.2 Å². The molecule has 1 N–H and O–H groups in total. The Morgan fingerprint density at radius 2 is 1.93 bits per heavy atom. The number of hydrogen-bond donors (Lipinski definition) is 1. The third-order valence-electron chi connectivity index (χ3n) is 4.68. The van der Waals surface area contributed by atoms with Crippen molar-refractivity contribution in [3.05, 3.63) is 101 Å². The Labute approximate surface area is 167 Å². The second kappa shape index (κ2) is 7.98. The van der Waals surface area contributed by atoms with E-state index in [1.807, 2.05) is 41.0 Å². The summed E-state index contributed by atoms with van der Waals surface area (Å²) in [4.78, 5) is 29.3. The molecule has 6 nitrogen and oxygen atoms in total. The number of benzene rings is 2. The van der Waals surface area contributed by atoms with Crippen LogP contribution in [0.3, 0.4) is 0 Å². The minimum atomic E-state index is -0.279. The first kappa shape index (κ1) is 18.4. The first-order valence-corrected chi connectivity index (χ1v) is 9.13. The zero-order chi connectivity index (χ0) is 20.2. The highest BCUT2D eigenvalue weighted by Gasteiger charge is 2.13. The number of rotatable bonds is 5. The molecule has 6 heteroatoms. The van der Waals surface area contributed by atoms with Crippen LogP contribution in [0.1, 0.15) is 15.9 Å². The Balaban J connectivity index is 1.78. The molecule has 1 amide bonds. The molecule has 0 atom stereocenters. The Hall–Kier alpha value is -3.93. The summed E-state index contributed by atoms with van der Waals surface area (Å²) in [6.07, 6.45) is 4.86. The summed E-state index contributed by atoms with van der Waals surface area (Å²) >= 11 is 0. The summed E-state index contributed by atoms with van der Waals surface area (Å²) in [6, 6.07) is 18.4. The predicted octanol–water partition coefficient (Wildman–Crippen LogP) is 3.32. The third-order valence-corrected chi connectivity index (χ3v) is 4.68. The van der Waals surface area contributed by atoms with Crippen molar-refractivity contribution in [3.8, 4) is 11.4 Å². The molecule has 0 unspecified atom stereocenters. The standard InChI is InChI=1S/C23H19N3O3/c1-29-19-9-10-20-21(12-19)26(18-7-3-2-4-8-18)15-17(22(20)27)14-25-23(28)16-6-5-11-24-13-16/h2-13,15H,14H2,1H3,(H,25,28). The summed E-state index contributed by atoms with van der Waals surface area (Å²) in [5, 5.41) is 3.36. The molecule has 144 valence electrons. The van der Waals surface area contributed by atoms with Gasteiger partial charge in [-0.2, -0.15) is 0 Å². The van der Waals surface area contributed by atoms with E-state index >= 15 is 0 Å². The maximum atomic E-state index is 13.0. The van der Waals surface area contributed by atoms with Crippen LogP contribution in [0.4, 0.5) is 0 Å². The zero-order valence-corrected chi connectivity index (χ0v) is 15.8. The molecule has 0 saturated heterocycles. The van der Waals surface area contributed by atoms with Gasteiger partial charge in [-0.3, -0.25) is 14.6 Å². The van der Waals surface area contributed by atoms with Gasteiger partial charge in [0, 0.05) is 47.8 Å². The molecular weight excluding hydrogens is 366 g/mol. The Morgan fingerprint density at radius 3 is 2.66 bits per heavy atom. The highest BCUT2D eigenvalue weighted by molar-refractivity contribution is 5.93. The molecule has 2 aromatic heterocycles. The van der Waals surface area contributed by atoms with Crippen LogP contribution in [-0.2, 0) is 6.54 Å². The van der Waals surface area contributed by atoms with Gasteiger partial charge in [-0.15, -0.1) is 0 Å². The van der Waals surface area contributed by atoms with Crippen molar-refractivity contribution in [2.75, 3.05) is 7.11 Å². The second-order valence-corrected chi connectivity index (χ2v) is 6.50. The Bertz CT molecular complexity index is 1220. The molecule has 0 aliphatic rings. The molecule has 4 aromatic rings. The molecule has 4 rings (SSSR count). The van der Waals surface area contributed by atoms with Crippen LogP contribution in [0.5, 0.6) is 5.75 Å². The van der Waals surface area contributed by atoms with E-state index in [4.69, 9.17) is 4.74 Å². The second-order valence-electron chi connectivity index (χ2n) is 6.50. The topological polar surface area (TPSA) is 73.2 Å². The molecule has 0 saturated carbocycles. The molecule has 0 aliphatic carbocycles. The van der Waals surface area contributed by atoms with Crippen LogP contribution in [0.25, 0.3) is 16.6 Å². The molecule has 29 heavy (non-hydrogen) atoms. The number of para-hydroxylation sites is 1. The van der Waals surface area contributed by atoms with Crippen LogP contribution in [-0.4, -0.2) is 22.6 Å². The lowest BCUT2D eigenvalue weighted by atomic mass is 10.1. The average molecular weight is 385 g/mol. The minimum Gasteiger partial charge on any atom is -0.497 e. The van der Waals surface area contributed by atoms with Crippen molar-refractivity contribution in [3.63, 3.8) is 0 Å². The number of methoxy groups -OCH3 is 1. The fourth-order valence-corrected chi connectivity index (χ4v) is 3.19. The number of hydrogen-bond acceptors (Lipinski definition) is 4. The van der Waals surface area contributed by atoms with Gasteiger partial charge in [0.05, 0.1) is 18.2 Å². The van der Waals surface area contributed by atoms with Crippen molar-refractivity contribution >= 4 is 16.8 Å². The first-order valence-electron chi connectivity index (χ1n) is 9.13. The molecule has 2 heterocycles. The van der Waals surface area contributed by atoms with Crippen molar-refractivity contribution < 1.29 is 9.53 Å². The highest BCUT2D eigenvalue weighted by atomic mass is 16.5. The maximum absolute atomic E-state index is 13.0. The van der Waals surface area contributed by atoms with Gasteiger partial charge in [-0.25, -0.2) is 0 Å². The lowest BCUT2D eigenvalue weighted by Crippen LogP contribution is -2.27. The number of nitrogens with zero attached hydrogens (tertiary/aromatic N) is 2. The van der Waals surface area contributed by atoms with E-state index in [9.17, 15) is 9.59 Å². The summed E-state index contributed by atoms with van der Waals surface area (Å²) < 4.78 is 7.27. The fourth-order valence-electron chi connectivity index (χ4n) is 3.19. The Morgan fingerprint density at radius 1 is 1.10 bits per heavy atom. The third kappa shape index (κ3) is 3.73. The summed E-state index contributed by atoms with van der Waals surface area (Å²) in [5.41, 5.74) is 2.46. The molecule has 0 fully saturated rings. The summed E-state index contributed by atoms with van der Waals surface area (Å²) in [7, 11) is 1.59. The van der Waals surface area contributed by atoms with Crippen molar-refractivity contribution in [1.82, 2.24) is 14.9 Å². The number of aromatic nitrogens is 2. The van der Waals surface area contributed by atoms with Gasteiger partial charge >= 0.3 is 0 Å². The summed E-state index contributed by atoms with van der Waals surface area (Å²) in [5.74, 6) is 0.387. The van der Waals surface area contributed by atoms with Crippen molar-refractivity contribution in [1.29, 1.82) is 0 Å². The number of amides is 1. The summed E-state index contributed by atoms with van der Waals surface area (Å²) in [6.45, 7) is 0.112. The first-order chi connectivity index (χ1) is 14.2. The molecule has 0 aliphatic heterocycles. The van der Waals surface area contributed by atoms with Crippen LogP contribution < -0.4 is 15.5 Å². The van der Waals surface area contributed by atoms with Crippen molar-refractivity contribution in [2.24, 2.45) is 0 Å². The van der Waals surface area contributed by atoms with E-state index in [1.165, 1.54) is 6.20 Å². The zero-order valence-electron chi connectivity index (χ0n) is 15.8. The minimum absolute atomic E-state index is 0.112. The number of carbonyl (C=O) groups excluding carboxylic acids is 1. The van der Waals surface area contributed by atoms with E-state index in [1.54, 1.807) is 43.8 Å². The largest absolute Gasteiger partial charge is 0.497 e. The number of nitrogens with one attached hydrogen (secondary N) is 1. The van der Waals surface area contributed by atoms with Gasteiger partial charge in [0.25, 0.3) is 5.91 Å². The molecule has 0 spiro atoms. The molecular formula is C23H19N3O3. The van der Waals surface area contributed by atoms with Gasteiger partial charge in [0.2, 0.25) is 0 Å². The van der Waals surface area contributed by atoms with E-state index in [0.717, 1.165) is 11.2 Å². The van der Waals surface area contributed by atoms with Crippen molar-refractivity contribution in [2.45, 2.75) is 6.54 Å². The highest BCUT2D eigenvalue weighted by Crippen LogP contribution is 2.22. The van der Waals surface area contributed by atoms with Crippen LogP contribution >= 0.6 is 0 Å². The maximum Gasteiger partial charge on any atom is 0.253 e. The van der Waals surface area contributed by atoms with E-state index in [-0.39, 0.29) is 17.9 Å². The average Bonchev–Trinajstić information content (AvgIpc) is 2.79. The number of fused-ring (bicyclic) bond motifs is 1. The number of carbonyl (C=O) groups is 1. The van der Waals surface area contributed by atoms with Crippen LogP contribution in [0.15, 0.2) is 84.0 Å². The quantitative estimate of drug-likeness (QED) is 0.572. The monoisotopic (exact) mass is 385 g/mol. The van der Waals surface area contributed by atoms with E-state index < -0.39 is 0 Å². The smallest absolute Gasteiger partial charge is 0.253 e. The normalized spacial score (nSPS) is 10.7. The lowest BCUT2D eigenvalue weighted by molar-refractivity contribution is 0.0950. The van der Waals surface area contributed by atoms with E-state index in [0.29, 0.717) is 22.3 Å². The van der Waals surface area contributed by atoms with Gasteiger partial charge in [0.1, 0.15) is 5.75 Å².